The SMILES string of the molecule is ClC1=CCNC2=C1CCC=C2. The van der Waals surface area contributed by atoms with Gasteiger partial charge in [0.15, 0.2) is 0 Å². The number of nitrogens with one attached hydrogen (secondary N) is 1. The van der Waals surface area contributed by atoms with Crippen LogP contribution in [0.25, 0.3) is 0 Å². The molecule has 0 radical (unpaired) electrons. The number of hydrogen-bond donors (Lipinski definition) is 1. The van der Waals surface area contributed by atoms with E-state index in [1.54, 1.807) is 0 Å². The minimum atomic E-state index is 0.863. The lowest BCUT2D eigenvalue weighted by atomic mass is 9.99. The van der Waals surface area contributed by atoms with E-state index in [1.807, 2.05) is 6.08 Å². The molecule has 0 aromatic carbocycles. The lowest BCUT2D eigenvalue weighted by Gasteiger charge is -2.20. The fourth-order valence-electron chi connectivity index (χ4n) is 1.45. The lowest BCUT2D eigenvalue weighted by Crippen LogP contribution is -2.19. The van der Waals surface area contributed by atoms with Crippen molar-refractivity contribution >= 4 is 11.6 Å². The summed E-state index contributed by atoms with van der Waals surface area (Å²) >= 11 is 6.02. The highest BCUT2D eigenvalue weighted by Crippen LogP contribution is 2.28. The third-order valence-electron chi connectivity index (χ3n) is 2.03. The van der Waals surface area contributed by atoms with Gasteiger partial charge in [-0.3, -0.25) is 0 Å². The Kier molecular flexibility index (Phi) is 1.74. The van der Waals surface area contributed by atoms with E-state index in [1.165, 1.54) is 11.3 Å². The Morgan fingerprint density at radius 1 is 1.45 bits per heavy atom. The number of rotatable bonds is 0. The van der Waals surface area contributed by atoms with E-state index in [-0.39, 0.29) is 0 Å². The van der Waals surface area contributed by atoms with Gasteiger partial charge in [-0.15, -0.1) is 0 Å². The van der Waals surface area contributed by atoms with Crippen molar-refractivity contribution < 1.29 is 0 Å². The summed E-state index contributed by atoms with van der Waals surface area (Å²) in [6, 6.07) is 0. The first-order valence-electron chi connectivity index (χ1n) is 3.87. The van der Waals surface area contributed by atoms with Gasteiger partial charge in [0.2, 0.25) is 0 Å². The summed E-state index contributed by atoms with van der Waals surface area (Å²) in [7, 11) is 0. The van der Waals surface area contributed by atoms with Crippen LogP contribution in [0.4, 0.5) is 0 Å². The molecular formula is C9H10ClN. The Bertz CT molecular complexity index is 261. The van der Waals surface area contributed by atoms with E-state index in [4.69, 9.17) is 11.6 Å². The van der Waals surface area contributed by atoms with E-state index in [0.717, 1.165) is 24.4 Å². The molecule has 0 bridgehead atoms. The van der Waals surface area contributed by atoms with Crippen LogP contribution in [0.5, 0.6) is 0 Å². The van der Waals surface area contributed by atoms with Crippen LogP contribution in [-0.2, 0) is 0 Å². The fourth-order valence-corrected chi connectivity index (χ4v) is 1.73. The van der Waals surface area contributed by atoms with Crippen molar-refractivity contribution in [2.24, 2.45) is 0 Å². The fraction of sp³-hybridized carbons (Fsp3) is 0.333. The van der Waals surface area contributed by atoms with Crippen LogP contribution in [0.15, 0.2) is 34.5 Å². The quantitative estimate of drug-likeness (QED) is 0.584. The van der Waals surface area contributed by atoms with Gasteiger partial charge in [-0.25, -0.2) is 0 Å². The minimum Gasteiger partial charge on any atom is -0.381 e. The predicted molar refractivity (Wildman–Crippen MR) is 47.3 cm³/mol. The zero-order valence-electron chi connectivity index (χ0n) is 6.23. The molecule has 2 aliphatic rings. The third-order valence-corrected chi connectivity index (χ3v) is 2.42. The Morgan fingerprint density at radius 3 is 3.18 bits per heavy atom. The predicted octanol–water partition coefficient (Wildman–Crippen LogP) is 2.32. The molecule has 0 saturated carbocycles. The van der Waals surface area contributed by atoms with E-state index in [0.29, 0.717) is 0 Å². The zero-order chi connectivity index (χ0) is 7.68. The summed E-state index contributed by atoms with van der Waals surface area (Å²) in [6.07, 6.45) is 8.52. The largest absolute Gasteiger partial charge is 0.381 e. The Balaban J connectivity index is 2.37. The van der Waals surface area contributed by atoms with Gasteiger partial charge in [0.1, 0.15) is 0 Å². The zero-order valence-corrected chi connectivity index (χ0v) is 6.99. The molecular weight excluding hydrogens is 158 g/mol. The highest BCUT2D eigenvalue weighted by atomic mass is 35.5. The van der Waals surface area contributed by atoms with Crippen LogP contribution in [0.3, 0.4) is 0 Å². The average molecular weight is 168 g/mol. The van der Waals surface area contributed by atoms with Crippen LogP contribution >= 0.6 is 11.6 Å². The highest BCUT2D eigenvalue weighted by molar-refractivity contribution is 6.32. The summed E-state index contributed by atoms with van der Waals surface area (Å²) in [6.45, 7) is 0.863. The molecule has 0 saturated heterocycles. The van der Waals surface area contributed by atoms with Gasteiger partial charge in [0.05, 0.1) is 0 Å². The van der Waals surface area contributed by atoms with Gasteiger partial charge >= 0.3 is 0 Å². The second-order valence-corrected chi connectivity index (χ2v) is 3.17. The maximum Gasteiger partial charge on any atom is 0.0436 e. The van der Waals surface area contributed by atoms with E-state index < -0.39 is 0 Å². The normalized spacial score (nSPS) is 22.5. The van der Waals surface area contributed by atoms with Crippen molar-refractivity contribution in [2.75, 3.05) is 6.54 Å². The molecule has 0 spiro atoms. The molecule has 0 atom stereocenters. The molecule has 1 heterocycles. The summed E-state index contributed by atoms with van der Waals surface area (Å²) in [5.41, 5.74) is 2.49. The standard InChI is InChI=1S/C9H10ClN/c10-8-5-6-11-9-4-2-1-3-7(8)9/h2,4-5,11H,1,3,6H2. The van der Waals surface area contributed by atoms with Gasteiger partial charge in [-0.1, -0.05) is 17.7 Å². The van der Waals surface area contributed by atoms with E-state index >= 15 is 0 Å². The number of allylic oxidation sites excluding steroid dienone is 4. The van der Waals surface area contributed by atoms with Crippen LogP contribution in [0.1, 0.15) is 12.8 Å². The van der Waals surface area contributed by atoms with Crippen LogP contribution < -0.4 is 5.32 Å². The molecule has 0 aromatic heterocycles. The Morgan fingerprint density at radius 2 is 2.36 bits per heavy atom. The topological polar surface area (TPSA) is 12.0 Å². The molecule has 2 heteroatoms. The molecule has 11 heavy (non-hydrogen) atoms. The molecule has 1 aliphatic carbocycles. The highest BCUT2D eigenvalue weighted by Gasteiger charge is 2.13. The van der Waals surface area contributed by atoms with Gasteiger partial charge in [-0.05, 0) is 30.6 Å². The molecule has 1 aliphatic heterocycles. The van der Waals surface area contributed by atoms with Crippen LogP contribution in [-0.4, -0.2) is 6.54 Å². The van der Waals surface area contributed by atoms with Gasteiger partial charge in [-0.2, -0.15) is 0 Å². The van der Waals surface area contributed by atoms with Crippen molar-refractivity contribution in [3.05, 3.63) is 34.5 Å². The van der Waals surface area contributed by atoms with Gasteiger partial charge in [0.25, 0.3) is 0 Å². The molecule has 2 rings (SSSR count). The van der Waals surface area contributed by atoms with Crippen molar-refractivity contribution in [1.82, 2.24) is 5.32 Å². The number of dihydropyridines is 1. The Labute approximate surface area is 71.4 Å². The Hall–Kier alpha value is -0.690. The molecule has 1 N–H and O–H groups in total. The first-order valence-corrected chi connectivity index (χ1v) is 4.25. The first-order chi connectivity index (χ1) is 5.38. The van der Waals surface area contributed by atoms with Crippen molar-refractivity contribution in [2.45, 2.75) is 12.8 Å². The maximum absolute atomic E-state index is 6.02. The maximum atomic E-state index is 6.02. The second-order valence-electron chi connectivity index (χ2n) is 2.77. The van der Waals surface area contributed by atoms with Crippen LogP contribution in [0.2, 0.25) is 0 Å². The smallest absolute Gasteiger partial charge is 0.0436 e. The molecule has 58 valence electrons. The molecule has 0 amide bonds. The molecule has 0 unspecified atom stereocenters. The number of hydrogen-bond acceptors (Lipinski definition) is 1. The monoisotopic (exact) mass is 167 g/mol. The second kappa shape index (κ2) is 2.74. The molecule has 0 aromatic rings. The molecule has 1 nitrogen and oxygen atoms in total. The van der Waals surface area contributed by atoms with Crippen LogP contribution in [0, 0.1) is 0 Å². The average Bonchev–Trinajstić information content (AvgIpc) is 2.06. The van der Waals surface area contributed by atoms with Crippen molar-refractivity contribution in [3.8, 4) is 0 Å². The summed E-state index contributed by atoms with van der Waals surface area (Å²) < 4.78 is 0. The number of halogens is 1. The molecule has 0 fully saturated rings. The minimum absolute atomic E-state index is 0.863. The summed E-state index contributed by atoms with van der Waals surface area (Å²) in [4.78, 5) is 0. The first kappa shape index (κ1) is 6.99. The van der Waals surface area contributed by atoms with Gasteiger partial charge < -0.3 is 5.32 Å². The van der Waals surface area contributed by atoms with E-state index in [2.05, 4.69) is 17.5 Å². The van der Waals surface area contributed by atoms with Gasteiger partial charge in [0, 0.05) is 17.3 Å². The summed E-state index contributed by atoms with van der Waals surface area (Å²) in [5, 5.41) is 4.22. The third kappa shape index (κ3) is 1.21. The van der Waals surface area contributed by atoms with E-state index in [9.17, 15) is 0 Å². The van der Waals surface area contributed by atoms with Crippen molar-refractivity contribution in [3.63, 3.8) is 0 Å². The lowest BCUT2D eigenvalue weighted by molar-refractivity contribution is 0.838. The summed E-state index contributed by atoms with van der Waals surface area (Å²) in [5.74, 6) is 0. The van der Waals surface area contributed by atoms with Crippen molar-refractivity contribution in [1.29, 1.82) is 0 Å².